The number of benzene rings is 2. The second kappa shape index (κ2) is 9.47. The van der Waals surface area contributed by atoms with Gasteiger partial charge in [0.05, 0.1) is 9.79 Å². The highest BCUT2D eigenvalue weighted by molar-refractivity contribution is 9.10. The van der Waals surface area contributed by atoms with E-state index in [1.165, 1.54) is 0 Å². The van der Waals surface area contributed by atoms with Gasteiger partial charge in [0.1, 0.15) is 0 Å². The molecular formula is C14H8Br2F6N2O8S4. The summed E-state index contributed by atoms with van der Waals surface area (Å²) in [6, 6.07) is 5.10. The fraction of sp³-hybridized carbons (Fsp3) is 0.143. The van der Waals surface area contributed by atoms with Crippen LogP contribution in [0.4, 0.5) is 26.3 Å². The van der Waals surface area contributed by atoms with Crippen molar-refractivity contribution >= 4 is 72.0 Å². The first-order valence-corrected chi connectivity index (χ1v) is 15.6. The molecule has 0 amide bonds. The average Bonchev–Trinajstić information content (AvgIpc) is 2.65. The van der Waals surface area contributed by atoms with Gasteiger partial charge in [0.15, 0.2) is 0 Å². The maximum absolute atomic E-state index is 13.1. The molecule has 0 atom stereocenters. The van der Waals surface area contributed by atoms with Gasteiger partial charge in [-0.15, -0.1) is 0 Å². The van der Waals surface area contributed by atoms with E-state index in [4.69, 9.17) is 5.14 Å². The molecule has 0 saturated heterocycles. The van der Waals surface area contributed by atoms with E-state index in [0.29, 0.717) is 6.07 Å². The molecule has 0 aliphatic rings. The number of alkyl halides is 6. The second-order valence-electron chi connectivity index (χ2n) is 6.38. The summed E-state index contributed by atoms with van der Waals surface area (Å²) in [5, 5.41) is 5.03. The smallest absolute Gasteiger partial charge is 0.225 e. The Balaban J connectivity index is 2.94. The van der Waals surface area contributed by atoms with E-state index >= 15 is 0 Å². The average molecular weight is 734 g/mol. The van der Waals surface area contributed by atoms with Crippen molar-refractivity contribution in [3.05, 3.63) is 45.3 Å². The number of primary sulfonamides is 1. The molecule has 0 heterocycles. The summed E-state index contributed by atoms with van der Waals surface area (Å²) < 4.78 is 171. The number of nitrogens with two attached hydrogens (primary N) is 1. The first kappa shape index (κ1) is 30.9. The highest BCUT2D eigenvalue weighted by atomic mass is 79.9. The van der Waals surface area contributed by atoms with Crippen molar-refractivity contribution in [1.29, 1.82) is 0 Å². The van der Waals surface area contributed by atoms with Gasteiger partial charge in [0.2, 0.25) is 10.0 Å². The van der Waals surface area contributed by atoms with Crippen molar-refractivity contribution in [3.8, 4) is 11.1 Å². The summed E-state index contributed by atoms with van der Waals surface area (Å²) in [6.07, 6.45) is 0. The lowest BCUT2D eigenvalue weighted by molar-refractivity contribution is -0.0507. The van der Waals surface area contributed by atoms with E-state index in [1.807, 2.05) is 0 Å². The number of halogens is 8. The standard InChI is InChI=1S/C14H8Br2F6N2O8S4/c15-9-3-1-7(5-11(9)33(23,25)26)8-2-4-10(16)12(6-8)34(27,28)24(35(29,30)13(17,18)19)36(31,32)14(20,21)22/h1-6H,(H2,23,25,26). The van der Waals surface area contributed by atoms with Crippen molar-refractivity contribution in [1.82, 2.24) is 3.12 Å². The van der Waals surface area contributed by atoms with E-state index in [2.05, 4.69) is 31.9 Å². The molecule has 10 nitrogen and oxygen atoms in total. The lowest BCUT2D eigenvalue weighted by Crippen LogP contribution is -2.51. The minimum atomic E-state index is -7.70. The van der Waals surface area contributed by atoms with E-state index < -0.39 is 74.1 Å². The quantitative estimate of drug-likeness (QED) is 0.442. The Morgan fingerprint density at radius 3 is 1.31 bits per heavy atom. The van der Waals surface area contributed by atoms with Gasteiger partial charge in [-0.3, -0.25) is 0 Å². The van der Waals surface area contributed by atoms with Crippen LogP contribution in [0.3, 0.4) is 0 Å². The molecule has 0 aromatic heterocycles. The number of sulfonamides is 4. The predicted octanol–water partition coefficient (Wildman–Crippen LogP) is 3.22. The van der Waals surface area contributed by atoms with Crippen LogP contribution in [0, 0.1) is 0 Å². The fourth-order valence-electron chi connectivity index (χ4n) is 2.42. The molecule has 2 rings (SSSR count). The van der Waals surface area contributed by atoms with Crippen molar-refractivity contribution in [3.63, 3.8) is 0 Å². The zero-order valence-electron chi connectivity index (χ0n) is 16.4. The number of hydrogen-bond donors (Lipinski definition) is 1. The summed E-state index contributed by atoms with van der Waals surface area (Å²) >= 11 is 5.40. The minimum Gasteiger partial charge on any atom is -0.225 e. The molecule has 2 aromatic carbocycles. The summed E-state index contributed by atoms with van der Waals surface area (Å²) in [4.78, 5) is -2.21. The van der Waals surface area contributed by atoms with Crippen molar-refractivity contribution in [2.75, 3.05) is 0 Å². The third kappa shape index (κ3) is 5.59. The lowest BCUT2D eigenvalue weighted by atomic mass is 10.1. The molecular weight excluding hydrogens is 726 g/mol. The van der Waals surface area contributed by atoms with Crippen LogP contribution in [-0.2, 0) is 40.1 Å². The summed E-state index contributed by atoms with van der Waals surface area (Å²) in [5.41, 5.74) is -14.2. The molecule has 0 saturated carbocycles. The Hall–Kier alpha value is -1.30. The Labute approximate surface area is 216 Å². The molecule has 0 fully saturated rings. The third-order valence-electron chi connectivity index (χ3n) is 3.95. The largest absolute Gasteiger partial charge is 0.513 e. The topological polar surface area (TPSA) is 166 Å². The van der Waals surface area contributed by atoms with E-state index in [1.54, 1.807) is 0 Å². The van der Waals surface area contributed by atoms with Crippen molar-refractivity contribution < 1.29 is 60.0 Å². The molecule has 0 aliphatic carbocycles. The van der Waals surface area contributed by atoms with Crippen LogP contribution in [-0.4, -0.2) is 47.8 Å². The Morgan fingerprint density at radius 2 is 0.972 bits per heavy atom. The van der Waals surface area contributed by atoms with Gasteiger partial charge in [-0.1, -0.05) is 12.1 Å². The first-order chi connectivity index (χ1) is 15.9. The SMILES string of the molecule is NS(=O)(=O)c1cc(-c2ccc(Br)c(S(=O)(=O)N(S(=O)(=O)C(F)(F)F)S(=O)(=O)C(F)(F)F)c2)ccc1Br. The van der Waals surface area contributed by atoms with Gasteiger partial charge in [0.25, 0.3) is 10.0 Å². The number of nitrogens with zero attached hydrogens (tertiary/aromatic N) is 1. The van der Waals surface area contributed by atoms with Gasteiger partial charge in [0, 0.05) is 12.1 Å². The van der Waals surface area contributed by atoms with Gasteiger partial charge in [-0.05, 0) is 67.3 Å². The van der Waals surface area contributed by atoms with Crippen molar-refractivity contribution in [2.24, 2.45) is 5.14 Å². The highest BCUT2D eigenvalue weighted by Crippen LogP contribution is 2.41. The van der Waals surface area contributed by atoms with Crippen LogP contribution in [0.1, 0.15) is 0 Å². The van der Waals surface area contributed by atoms with Crippen LogP contribution in [0.5, 0.6) is 0 Å². The van der Waals surface area contributed by atoms with Gasteiger partial charge >= 0.3 is 31.1 Å². The molecule has 0 radical (unpaired) electrons. The summed E-state index contributed by atoms with van der Waals surface area (Å²) in [5.74, 6) is 0. The molecule has 2 aromatic rings. The molecule has 0 spiro atoms. The zero-order chi connectivity index (χ0) is 28.3. The maximum atomic E-state index is 13.1. The van der Waals surface area contributed by atoms with Crippen LogP contribution in [0.15, 0.2) is 55.1 Å². The fourth-order valence-corrected chi connectivity index (χ4v) is 10.5. The first-order valence-electron chi connectivity index (χ1n) is 8.17. The second-order valence-corrected chi connectivity index (χ2v) is 15.6. The summed E-state index contributed by atoms with van der Waals surface area (Å²) in [6.45, 7) is 0. The zero-order valence-corrected chi connectivity index (χ0v) is 22.8. The molecule has 2 N–H and O–H groups in total. The predicted molar refractivity (Wildman–Crippen MR) is 118 cm³/mol. The monoisotopic (exact) mass is 732 g/mol. The highest BCUT2D eigenvalue weighted by Gasteiger charge is 2.66. The third-order valence-corrected chi connectivity index (χ3v) is 13.6. The Morgan fingerprint density at radius 1 is 0.639 bits per heavy atom. The molecule has 36 heavy (non-hydrogen) atoms. The molecule has 0 unspecified atom stereocenters. The minimum absolute atomic E-state index is 0.0718. The normalized spacial score (nSPS) is 14.3. The van der Waals surface area contributed by atoms with Crippen LogP contribution < -0.4 is 5.14 Å². The number of hydrogen-bond acceptors (Lipinski definition) is 8. The molecule has 22 heteroatoms. The summed E-state index contributed by atoms with van der Waals surface area (Å²) in [7, 11) is -26.5. The van der Waals surface area contributed by atoms with Crippen molar-refractivity contribution in [2.45, 2.75) is 20.8 Å². The lowest BCUT2D eigenvalue weighted by Gasteiger charge is -2.24. The molecule has 202 valence electrons. The van der Waals surface area contributed by atoms with E-state index in [0.717, 1.165) is 30.3 Å². The van der Waals surface area contributed by atoms with E-state index in [-0.39, 0.29) is 10.0 Å². The van der Waals surface area contributed by atoms with Gasteiger partial charge in [-0.25, -0.2) is 38.8 Å². The van der Waals surface area contributed by atoms with E-state index in [9.17, 15) is 60.0 Å². The molecule has 0 bridgehead atoms. The van der Waals surface area contributed by atoms with Crippen LogP contribution >= 0.6 is 31.9 Å². The van der Waals surface area contributed by atoms with Gasteiger partial charge in [-0.2, -0.15) is 26.3 Å². The number of rotatable bonds is 6. The Bertz CT molecular complexity index is 1610. The Kier molecular flexibility index (Phi) is 8.13. The van der Waals surface area contributed by atoms with Crippen LogP contribution in [0.25, 0.3) is 11.1 Å². The molecule has 0 aliphatic heterocycles. The maximum Gasteiger partial charge on any atom is 0.513 e. The van der Waals surface area contributed by atoms with Crippen LogP contribution in [0.2, 0.25) is 0 Å². The van der Waals surface area contributed by atoms with Gasteiger partial charge < -0.3 is 0 Å².